The lowest BCUT2D eigenvalue weighted by Gasteiger charge is -2.18. The van der Waals surface area contributed by atoms with E-state index in [-0.39, 0.29) is 0 Å². The summed E-state index contributed by atoms with van der Waals surface area (Å²) in [4.78, 5) is 0. The van der Waals surface area contributed by atoms with Gasteiger partial charge in [0.25, 0.3) is 0 Å². The SMILES string of the molecule is CCCCCCc1ccc2cccc3c4ccc(N)c5cccc(c1c23)c54. The zero-order valence-electron chi connectivity index (χ0n) is 15.9. The number of nitrogens with two attached hydrogens (primary N) is 1. The summed E-state index contributed by atoms with van der Waals surface area (Å²) < 4.78 is 0. The van der Waals surface area contributed by atoms with E-state index in [0.29, 0.717) is 0 Å². The highest BCUT2D eigenvalue weighted by molar-refractivity contribution is 6.34. The van der Waals surface area contributed by atoms with E-state index in [4.69, 9.17) is 5.73 Å². The van der Waals surface area contributed by atoms with Gasteiger partial charge in [0.2, 0.25) is 0 Å². The first-order valence-electron chi connectivity index (χ1n) is 10.2. The van der Waals surface area contributed by atoms with Gasteiger partial charge in [-0.1, -0.05) is 80.8 Å². The number of aryl methyl sites for hydroxylation is 1. The average Bonchev–Trinajstić information content (AvgIpc) is 2.71. The summed E-state index contributed by atoms with van der Waals surface area (Å²) in [6.07, 6.45) is 6.31. The number of rotatable bonds is 5. The largest absolute Gasteiger partial charge is 0.398 e. The Kier molecular flexibility index (Phi) is 3.89. The topological polar surface area (TPSA) is 26.0 Å². The Morgan fingerprint density at radius 3 is 2.30 bits per heavy atom. The molecule has 0 aliphatic rings. The molecular weight excluding hydrogens is 326 g/mol. The fourth-order valence-corrected chi connectivity index (χ4v) is 4.77. The maximum atomic E-state index is 6.34. The third-order valence-corrected chi connectivity index (χ3v) is 6.07. The molecule has 0 bridgehead atoms. The van der Waals surface area contributed by atoms with Gasteiger partial charge in [0.05, 0.1) is 0 Å². The van der Waals surface area contributed by atoms with Crippen molar-refractivity contribution in [3.8, 4) is 0 Å². The summed E-state index contributed by atoms with van der Waals surface area (Å²) in [6, 6.07) is 22.2. The van der Waals surface area contributed by atoms with Crippen LogP contribution in [0.25, 0.3) is 43.1 Å². The number of hydrogen-bond acceptors (Lipinski definition) is 1. The van der Waals surface area contributed by atoms with Crippen LogP contribution in [0, 0.1) is 0 Å². The number of anilines is 1. The van der Waals surface area contributed by atoms with Crippen molar-refractivity contribution in [3.63, 3.8) is 0 Å². The third-order valence-electron chi connectivity index (χ3n) is 6.07. The van der Waals surface area contributed by atoms with Gasteiger partial charge in [-0.25, -0.2) is 0 Å². The van der Waals surface area contributed by atoms with E-state index in [1.165, 1.54) is 74.3 Å². The molecule has 5 aromatic carbocycles. The van der Waals surface area contributed by atoms with Gasteiger partial charge in [-0.15, -0.1) is 0 Å². The van der Waals surface area contributed by atoms with Crippen LogP contribution in [0.1, 0.15) is 38.2 Å². The van der Waals surface area contributed by atoms with E-state index in [1.807, 2.05) is 0 Å². The van der Waals surface area contributed by atoms with Crippen LogP contribution >= 0.6 is 0 Å². The Hall–Kier alpha value is -2.80. The highest BCUT2D eigenvalue weighted by Crippen LogP contribution is 2.43. The summed E-state index contributed by atoms with van der Waals surface area (Å²) in [7, 11) is 0. The molecule has 2 N–H and O–H groups in total. The van der Waals surface area contributed by atoms with Crippen LogP contribution < -0.4 is 5.73 Å². The van der Waals surface area contributed by atoms with Gasteiger partial charge in [-0.05, 0) is 62.2 Å². The molecule has 0 aliphatic heterocycles. The van der Waals surface area contributed by atoms with Gasteiger partial charge < -0.3 is 5.73 Å². The van der Waals surface area contributed by atoms with Crippen LogP contribution in [0.3, 0.4) is 0 Å². The van der Waals surface area contributed by atoms with E-state index in [2.05, 4.69) is 67.6 Å². The Balaban J connectivity index is 1.90. The van der Waals surface area contributed by atoms with Gasteiger partial charge in [-0.3, -0.25) is 0 Å². The Labute approximate surface area is 160 Å². The molecule has 0 spiro atoms. The lowest BCUT2D eigenvalue weighted by Crippen LogP contribution is -1.94. The van der Waals surface area contributed by atoms with Crippen molar-refractivity contribution >= 4 is 48.8 Å². The molecule has 0 unspecified atom stereocenters. The van der Waals surface area contributed by atoms with Gasteiger partial charge >= 0.3 is 0 Å². The molecule has 5 rings (SSSR count). The first-order chi connectivity index (χ1) is 13.3. The highest BCUT2D eigenvalue weighted by Gasteiger charge is 2.16. The van der Waals surface area contributed by atoms with Gasteiger partial charge in [-0.2, -0.15) is 0 Å². The molecule has 0 radical (unpaired) electrons. The molecule has 0 saturated carbocycles. The average molecular weight is 351 g/mol. The summed E-state index contributed by atoms with van der Waals surface area (Å²) in [5.41, 5.74) is 8.69. The van der Waals surface area contributed by atoms with Crippen molar-refractivity contribution in [1.29, 1.82) is 0 Å². The van der Waals surface area contributed by atoms with Crippen molar-refractivity contribution in [2.24, 2.45) is 0 Å². The van der Waals surface area contributed by atoms with E-state index < -0.39 is 0 Å². The maximum Gasteiger partial charge on any atom is 0.0394 e. The maximum absolute atomic E-state index is 6.34. The minimum absolute atomic E-state index is 0.867. The summed E-state index contributed by atoms with van der Waals surface area (Å²) in [6.45, 7) is 2.27. The predicted molar refractivity (Wildman–Crippen MR) is 120 cm³/mol. The van der Waals surface area contributed by atoms with Crippen molar-refractivity contribution < 1.29 is 0 Å². The Bertz CT molecular complexity index is 1270. The van der Waals surface area contributed by atoms with E-state index >= 15 is 0 Å². The number of fused-ring (bicyclic) bond motifs is 2. The standard InChI is InChI=1S/C26H25N/c1-2-3-4-5-8-17-13-14-18-9-6-10-19-20-15-16-23(27)21-11-7-12-22(26(20)21)25(17)24(18)19/h6-7,9-16H,2-5,8,27H2,1H3. The van der Waals surface area contributed by atoms with Crippen molar-refractivity contribution in [2.45, 2.75) is 39.0 Å². The fraction of sp³-hybridized carbons (Fsp3) is 0.231. The van der Waals surface area contributed by atoms with E-state index in [1.54, 1.807) is 0 Å². The van der Waals surface area contributed by atoms with Crippen LogP contribution in [-0.4, -0.2) is 0 Å². The minimum atomic E-state index is 0.867. The van der Waals surface area contributed by atoms with Crippen molar-refractivity contribution in [1.82, 2.24) is 0 Å². The molecule has 1 heteroatoms. The lowest BCUT2D eigenvalue weighted by molar-refractivity contribution is 0.668. The van der Waals surface area contributed by atoms with Crippen LogP contribution in [-0.2, 0) is 6.42 Å². The second-order valence-electron chi connectivity index (χ2n) is 7.74. The molecule has 1 nitrogen and oxygen atoms in total. The Morgan fingerprint density at radius 1 is 0.630 bits per heavy atom. The van der Waals surface area contributed by atoms with Crippen LogP contribution in [0.15, 0.2) is 60.7 Å². The zero-order valence-corrected chi connectivity index (χ0v) is 15.9. The molecule has 0 aromatic heterocycles. The first-order valence-corrected chi connectivity index (χ1v) is 10.2. The molecule has 0 fully saturated rings. The third kappa shape index (κ3) is 2.45. The van der Waals surface area contributed by atoms with Crippen molar-refractivity contribution in [2.75, 3.05) is 5.73 Å². The van der Waals surface area contributed by atoms with Crippen LogP contribution in [0.5, 0.6) is 0 Å². The molecule has 0 heterocycles. The predicted octanol–water partition coefficient (Wildman–Crippen LogP) is 7.44. The van der Waals surface area contributed by atoms with Crippen molar-refractivity contribution in [3.05, 3.63) is 66.2 Å². The summed E-state index contributed by atoms with van der Waals surface area (Å²) in [5.74, 6) is 0. The molecular formula is C26H25N. The molecule has 0 aliphatic carbocycles. The molecule has 27 heavy (non-hydrogen) atoms. The number of nitrogen functional groups attached to an aromatic ring is 1. The zero-order chi connectivity index (χ0) is 18.4. The quantitative estimate of drug-likeness (QED) is 0.151. The van der Waals surface area contributed by atoms with Crippen LogP contribution in [0.4, 0.5) is 5.69 Å². The minimum Gasteiger partial charge on any atom is -0.398 e. The number of hydrogen-bond donors (Lipinski definition) is 1. The van der Waals surface area contributed by atoms with E-state index in [9.17, 15) is 0 Å². The van der Waals surface area contributed by atoms with Gasteiger partial charge in [0.1, 0.15) is 0 Å². The number of unbranched alkanes of at least 4 members (excludes halogenated alkanes) is 3. The monoisotopic (exact) mass is 351 g/mol. The lowest BCUT2D eigenvalue weighted by atomic mass is 9.86. The van der Waals surface area contributed by atoms with E-state index in [0.717, 1.165) is 12.1 Å². The van der Waals surface area contributed by atoms with Gasteiger partial charge in [0, 0.05) is 11.1 Å². The molecule has 134 valence electrons. The molecule has 5 aromatic rings. The second kappa shape index (κ2) is 6.42. The fourth-order valence-electron chi connectivity index (χ4n) is 4.77. The summed E-state index contributed by atoms with van der Waals surface area (Å²) in [5, 5.41) is 10.7. The number of benzene rings is 5. The highest BCUT2D eigenvalue weighted by atomic mass is 14.5. The Morgan fingerprint density at radius 2 is 1.41 bits per heavy atom. The summed E-state index contributed by atoms with van der Waals surface area (Å²) >= 11 is 0. The first kappa shape index (κ1) is 16.4. The van der Waals surface area contributed by atoms with Crippen LogP contribution in [0.2, 0.25) is 0 Å². The molecule has 0 saturated heterocycles. The smallest absolute Gasteiger partial charge is 0.0394 e. The van der Waals surface area contributed by atoms with Gasteiger partial charge in [0.15, 0.2) is 0 Å². The molecule has 0 amide bonds. The normalized spacial score (nSPS) is 12.0. The molecule has 0 atom stereocenters. The second-order valence-corrected chi connectivity index (χ2v) is 7.74.